The predicted molar refractivity (Wildman–Crippen MR) is 83.0 cm³/mol. The molecule has 4 nitrogen and oxygen atoms in total. The average molecular weight is 289 g/mol. The van der Waals surface area contributed by atoms with Crippen LogP contribution in [-0.4, -0.2) is 16.5 Å². The van der Waals surface area contributed by atoms with E-state index < -0.39 is 0 Å². The SMILES string of the molecule is CCNc1ncc(Cl)c(Nc2ccc3c(c2)CCC3)n1. The van der Waals surface area contributed by atoms with Crippen molar-refractivity contribution in [1.82, 2.24) is 9.97 Å². The summed E-state index contributed by atoms with van der Waals surface area (Å²) in [4.78, 5) is 8.52. The number of fused-ring (bicyclic) bond motifs is 1. The molecule has 1 aliphatic carbocycles. The number of aromatic nitrogens is 2. The van der Waals surface area contributed by atoms with Crippen molar-refractivity contribution in [3.05, 3.63) is 40.5 Å². The summed E-state index contributed by atoms with van der Waals surface area (Å²) in [7, 11) is 0. The minimum absolute atomic E-state index is 0.521. The molecule has 0 saturated carbocycles. The van der Waals surface area contributed by atoms with Crippen LogP contribution < -0.4 is 10.6 Å². The summed E-state index contributed by atoms with van der Waals surface area (Å²) in [6, 6.07) is 6.45. The second-order valence-corrected chi connectivity index (χ2v) is 5.29. The number of aryl methyl sites for hydroxylation is 2. The van der Waals surface area contributed by atoms with Gasteiger partial charge in [0.25, 0.3) is 0 Å². The Kier molecular flexibility index (Phi) is 3.74. The zero-order valence-electron chi connectivity index (χ0n) is 11.4. The Bertz CT molecular complexity index is 627. The second kappa shape index (κ2) is 5.67. The smallest absolute Gasteiger partial charge is 0.224 e. The number of nitrogens with one attached hydrogen (secondary N) is 2. The van der Waals surface area contributed by atoms with Gasteiger partial charge in [0, 0.05) is 12.2 Å². The molecule has 2 aromatic rings. The van der Waals surface area contributed by atoms with Crippen LogP contribution >= 0.6 is 11.6 Å². The summed E-state index contributed by atoms with van der Waals surface area (Å²) in [5.74, 6) is 1.22. The highest BCUT2D eigenvalue weighted by Crippen LogP contribution is 2.28. The van der Waals surface area contributed by atoms with E-state index in [1.165, 1.54) is 24.0 Å². The van der Waals surface area contributed by atoms with Gasteiger partial charge in [0.2, 0.25) is 5.95 Å². The fourth-order valence-electron chi connectivity index (χ4n) is 2.48. The third-order valence-electron chi connectivity index (χ3n) is 3.44. The summed E-state index contributed by atoms with van der Waals surface area (Å²) in [5.41, 5.74) is 3.90. The molecular weight excluding hydrogens is 272 g/mol. The maximum Gasteiger partial charge on any atom is 0.224 e. The Balaban J connectivity index is 1.85. The molecule has 0 spiro atoms. The number of rotatable bonds is 4. The minimum Gasteiger partial charge on any atom is -0.354 e. The van der Waals surface area contributed by atoms with Gasteiger partial charge in [-0.1, -0.05) is 17.7 Å². The first-order valence-corrected chi connectivity index (χ1v) is 7.29. The standard InChI is InChI=1S/C15H17ClN4/c1-2-17-15-18-9-13(16)14(20-15)19-12-7-6-10-4-3-5-11(10)8-12/h6-9H,2-5H2,1H3,(H2,17,18,19,20). The van der Waals surface area contributed by atoms with Gasteiger partial charge in [-0.15, -0.1) is 0 Å². The van der Waals surface area contributed by atoms with Crippen LogP contribution in [0.3, 0.4) is 0 Å². The van der Waals surface area contributed by atoms with Crippen LogP contribution in [0.4, 0.5) is 17.5 Å². The Morgan fingerprint density at radius 2 is 2.10 bits per heavy atom. The van der Waals surface area contributed by atoms with Crippen molar-refractivity contribution in [2.24, 2.45) is 0 Å². The fourth-order valence-corrected chi connectivity index (χ4v) is 2.62. The summed E-state index contributed by atoms with van der Waals surface area (Å²) in [6.45, 7) is 2.78. The van der Waals surface area contributed by atoms with Gasteiger partial charge in [-0.2, -0.15) is 4.98 Å². The van der Waals surface area contributed by atoms with E-state index in [2.05, 4.69) is 38.8 Å². The molecule has 3 rings (SSSR count). The van der Waals surface area contributed by atoms with Crippen molar-refractivity contribution in [1.29, 1.82) is 0 Å². The van der Waals surface area contributed by atoms with Crippen molar-refractivity contribution >= 4 is 29.1 Å². The maximum absolute atomic E-state index is 6.15. The minimum atomic E-state index is 0.521. The van der Waals surface area contributed by atoms with Crippen LogP contribution in [0.25, 0.3) is 0 Å². The molecule has 2 N–H and O–H groups in total. The van der Waals surface area contributed by atoms with Crippen molar-refractivity contribution in [2.75, 3.05) is 17.2 Å². The normalized spacial score (nSPS) is 13.1. The highest BCUT2D eigenvalue weighted by atomic mass is 35.5. The first kappa shape index (κ1) is 13.2. The molecule has 1 aromatic carbocycles. The third kappa shape index (κ3) is 2.70. The van der Waals surface area contributed by atoms with Crippen LogP contribution in [0.2, 0.25) is 5.02 Å². The van der Waals surface area contributed by atoms with Crippen molar-refractivity contribution in [3.63, 3.8) is 0 Å². The highest BCUT2D eigenvalue weighted by molar-refractivity contribution is 6.32. The summed E-state index contributed by atoms with van der Waals surface area (Å²) < 4.78 is 0. The zero-order chi connectivity index (χ0) is 13.9. The third-order valence-corrected chi connectivity index (χ3v) is 3.72. The molecule has 1 aliphatic rings. The van der Waals surface area contributed by atoms with E-state index in [9.17, 15) is 0 Å². The monoisotopic (exact) mass is 288 g/mol. The van der Waals surface area contributed by atoms with E-state index in [0.29, 0.717) is 16.8 Å². The molecule has 1 heterocycles. The lowest BCUT2D eigenvalue weighted by atomic mass is 10.1. The van der Waals surface area contributed by atoms with Crippen LogP contribution in [-0.2, 0) is 12.8 Å². The highest BCUT2D eigenvalue weighted by Gasteiger charge is 2.12. The van der Waals surface area contributed by atoms with Gasteiger partial charge in [0.15, 0.2) is 5.82 Å². The molecule has 1 aromatic heterocycles. The Hall–Kier alpha value is -1.81. The molecule has 0 amide bonds. The van der Waals surface area contributed by atoms with Crippen molar-refractivity contribution in [2.45, 2.75) is 26.2 Å². The lowest BCUT2D eigenvalue weighted by molar-refractivity contribution is 0.912. The molecule has 0 bridgehead atoms. The summed E-state index contributed by atoms with van der Waals surface area (Å²) in [6.07, 6.45) is 5.21. The van der Waals surface area contributed by atoms with Gasteiger partial charge < -0.3 is 10.6 Å². The zero-order valence-corrected chi connectivity index (χ0v) is 12.2. The Labute approximate surface area is 123 Å². The number of hydrogen-bond acceptors (Lipinski definition) is 4. The molecule has 0 fully saturated rings. The van der Waals surface area contributed by atoms with Gasteiger partial charge in [0.1, 0.15) is 5.02 Å². The first-order valence-electron chi connectivity index (χ1n) is 6.91. The van der Waals surface area contributed by atoms with Gasteiger partial charge in [-0.3, -0.25) is 0 Å². The number of anilines is 3. The van der Waals surface area contributed by atoms with E-state index in [0.717, 1.165) is 18.7 Å². The molecule has 5 heteroatoms. The molecule has 0 radical (unpaired) electrons. The van der Waals surface area contributed by atoms with Gasteiger partial charge in [0.05, 0.1) is 6.20 Å². The molecular formula is C15H17ClN4. The lowest BCUT2D eigenvalue weighted by Gasteiger charge is -2.10. The van der Waals surface area contributed by atoms with Crippen LogP contribution in [0, 0.1) is 0 Å². The fraction of sp³-hybridized carbons (Fsp3) is 0.333. The first-order chi connectivity index (χ1) is 9.76. The number of benzene rings is 1. The summed E-state index contributed by atoms with van der Waals surface area (Å²) >= 11 is 6.15. The summed E-state index contributed by atoms with van der Waals surface area (Å²) in [5, 5.41) is 6.88. The molecule has 0 aliphatic heterocycles. The molecule has 104 valence electrons. The largest absolute Gasteiger partial charge is 0.354 e. The van der Waals surface area contributed by atoms with E-state index in [1.807, 2.05) is 6.92 Å². The molecule has 0 saturated heterocycles. The number of hydrogen-bond donors (Lipinski definition) is 2. The van der Waals surface area contributed by atoms with Crippen LogP contribution in [0.15, 0.2) is 24.4 Å². The quantitative estimate of drug-likeness (QED) is 0.898. The van der Waals surface area contributed by atoms with Crippen LogP contribution in [0.5, 0.6) is 0 Å². The topological polar surface area (TPSA) is 49.8 Å². The van der Waals surface area contributed by atoms with Crippen molar-refractivity contribution in [3.8, 4) is 0 Å². The number of nitrogens with zero attached hydrogens (tertiary/aromatic N) is 2. The van der Waals surface area contributed by atoms with E-state index in [-0.39, 0.29) is 0 Å². The van der Waals surface area contributed by atoms with Gasteiger partial charge in [-0.05, 0) is 49.4 Å². The molecule has 20 heavy (non-hydrogen) atoms. The Morgan fingerprint density at radius 1 is 1.25 bits per heavy atom. The van der Waals surface area contributed by atoms with E-state index in [4.69, 9.17) is 11.6 Å². The predicted octanol–water partition coefficient (Wildman–Crippen LogP) is 3.79. The molecule has 0 unspecified atom stereocenters. The maximum atomic E-state index is 6.15. The number of halogens is 1. The van der Waals surface area contributed by atoms with Gasteiger partial charge >= 0.3 is 0 Å². The van der Waals surface area contributed by atoms with Crippen LogP contribution in [0.1, 0.15) is 24.5 Å². The van der Waals surface area contributed by atoms with E-state index >= 15 is 0 Å². The molecule has 0 atom stereocenters. The lowest BCUT2D eigenvalue weighted by Crippen LogP contribution is -2.04. The van der Waals surface area contributed by atoms with Crippen molar-refractivity contribution < 1.29 is 0 Å². The van der Waals surface area contributed by atoms with Gasteiger partial charge in [-0.25, -0.2) is 4.98 Å². The van der Waals surface area contributed by atoms with E-state index in [1.54, 1.807) is 6.20 Å². The Morgan fingerprint density at radius 3 is 2.95 bits per heavy atom. The average Bonchev–Trinajstić information content (AvgIpc) is 2.90. The second-order valence-electron chi connectivity index (χ2n) is 4.88.